The minimum atomic E-state index is -0.317. The summed E-state index contributed by atoms with van der Waals surface area (Å²) in [6, 6.07) is 8.16. The van der Waals surface area contributed by atoms with Gasteiger partial charge in [0.25, 0.3) is 5.91 Å². The number of benzene rings is 1. The van der Waals surface area contributed by atoms with Crippen molar-refractivity contribution in [2.75, 3.05) is 0 Å². The zero-order valence-corrected chi connectivity index (χ0v) is 13.9. The third-order valence-electron chi connectivity index (χ3n) is 3.84. The van der Waals surface area contributed by atoms with E-state index in [2.05, 4.69) is 15.4 Å². The molecule has 1 aromatic carbocycles. The molecule has 3 aromatic rings. The number of carbonyl (C=O) groups is 1. The Labute approximate surface area is 139 Å². The van der Waals surface area contributed by atoms with Gasteiger partial charge >= 0.3 is 0 Å². The number of amides is 1. The van der Waals surface area contributed by atoms with Gasteiger partial charge in [-0.3, -0.25) is 4.79 Å². The zero-order valence-electron chi connectivity index (χ0n) is 13.9. The Balaban J connectivity index is 1.83. The van der Waals surface area contributed by atoms with Crippen molar-refractivity contribution in [2.45, 2.75) is 33.4 Å². The Bertz CT molecular complexity index is 901. The van der Waals surface area contributed by atoms with E-state index in [1.807, 2.05) is 18.5 Å². The molecule has 6 heteroatoms. The van der Waals surface area contributed by atoms with Crippen LogP contribution in [0.25, 0.3) is 11.0 Å². The standard InChI is InChI=1S/C18H19FN4O/c1-11(2)23-17-14(10-21-23)8-16(12(3)22-17)18(24)20-9-13-5-4-6-15(19)7-13/h4-8,10-11H,9H2,1-3H3,(H,20,24). The predicted octanol–water partition coefficient (Wildman–Crippen LogP) is 3.39. The number of aromatic nitrogens is 3. The maximum Gasteiger partial charge on any atom is 0.253 e. The molecule has 124 valence electrons. The summed E-state index contributed by atoms with van der Waals surface area (Å²) in [4.78, 5) is 17.0. The highest BCUT2D eigenvalue weighted by Gasteiger charge is 2.15. The molecule has 2 heterocycles. The first-order valence-electron chi connectivity index (χ1n) is 7.83. The fraction of sp³-hybridized carbons (Fsp3) is 0.278. The fourth-order valence-electron chi connectivity index (χ4n) is 2.60. The molecule has 0 spiro atoms. The van der Waals surface area contributed by atoms with Crippen molar-refractivity contribution in [2.24, 2.45) is 0 Å². The Hall–Kier alpha value is -2.76. The van der Waals surface area contributed by atoms with Gasteiger partial charge in [-0.25, -0.2) is 14.1 Å². The van der Waals surface area contributed by atoms with E-state index in [0.717, 1.165) is 11.0 Å². The van der Waals surface area contributed by atoms with Crippen molar-refractivity contribution in [3.05, 3.63) is 59.2 Å². The lowest BCUT2D eigenvalue weighted by Crippen LogP contribution is -2.24. The molecule has 0 unspecified atom stereocenters. The zero-order chi connectivity index (χ0) is 17.3. The number of rotatable bonds is 4. The molecule has 0 aliphatic carbocycles. The van der Waals surface area contributed by atoms with Crippen LogP contribution in [0.2, 0.25) is 0 Å². The Morgan fingerprint density at radius 1 is 1.33 bits per heavy atom. The second-order valence-corrected chi connectivity index (χ2v) is 6.03. The molecule has 24 heavy (non-hydrogen) atoms. The number of carbonyl (C=O) groups excluding carboxylic acids is 1. The molecule has 1 N–H and O–H groups in total. The van der Waals surface area contributed by atoms with Gasteiger partial charge in [-0.05, 0) is 44.5 Å². The second kappa shape index (κ2) is 6.39. The van der Waals surface area contributed by atoms with E-state index in [0.29, 0.717) is 16.8 Å². The molecule has 0 aliphatic heterocycles. The second-order valence-electron chi connectivity index (χ2n) is 6.03. The Kier molecular flexibility index (Phi) is 4.29. The number of aryl methyl sites for hydroxylation is 1. The van der Waals surface area contributed by atoms with Gasteiger partial charge in [-0.15, -0.1) is 0 Å². The van der Waals surface area contributed by atoms with Crippen LogP contribution in [0, 0.1) is 12.7 Å². The van der Waals surface area contributed by atoms with Gasteiger partial charge in [0.05, 0.1) is 17.5 Å². The minimum absolute atomic E-state index is 0.196. The SMILES string of the molecule is Cc1nc2c(cnn2C(C)C)cc1C(=O)NCc1cccc(F)c1. The largest absolute Gasteiger partial charge is 0.348 e. The quantitative estimate of drug-likeness (QED) is 0.799. The molecule has 1 amide bonds. The minimum Gasteiger partial charge on any atom is -0.348 e. The lowest BCUT2D eigenvalue weighted by atomic mass is 10.1. The van der Waals surface area contributed by atoms with Gasteiger partial charge in [-0.1, -0.05) is 12.1 Å². The maximum atomic E-state index is 13.2. The van der Waals surface area contributed by atoms with Gasteiger partial charge in [0.15, 0.2) is 5.65 Å². The molecule has 0 fully saturated rings. The van der Waals surface area contributed by atoms with Crippen LogP contribution in [-0.2, 0) is 6.54 Å². The normalized spacial score (nSPS) is 11.2. The van der Waals surface area contributed by atoms with Gasteiger partial charge in [0.2, 0.25) is 0 Å². The van der Waals surface area contributed by atoms with E-state index >= 15 is 0 Å². The Morgan fingerprint density at radius 2 is 2.12 bits per heavy atom. The van der Waals surface area contributed by atoms with Crippen molar-refractivity contribution in [1.29, 1.82) is 0 Å². The van der Waals surface area contributed by atoms with Crippen LogP contribution >= 0.6 is 0 Å². The smallest absolute Gasteiger partial charge is 0.253 e. The van der Waals surface area contributed by atoms with Crippen molar-refractivity contribution in [3.8, 4) is 0 Å². The third-order valence-corrected chi connectivity index (χ3v) is 3.84. The highest BCUT2D eigenvalue weighted by Crippen LogP contribution is 2.19. The molecule has 0 saturated carbocycles. The van der Waals surface area contributed by atoms with E-state index in [1.54, 1.807) is 31.3 Å². The van der Waals surface area contributed by atoms with Crippen molar-refractivity contribution >= 4 is 16.9 Å². The number of nitrogens with one attached hydrogen (secondary N) is 1. The summed E-state index contributed by atoms with van der Waals surface area (Å²) >= 11 is 0. The number of hydrogen-bond acceptors (Lipinski definition) is 3. The van der Waals surface area contributed by atoms with Crippen LogP contribution in [0.15, 0.2) is 36.5 Å². The summed E-state index contributed by atoms with van der Waals surface area (Å²) in [5.74, 6) is -0.550. The van der Waals surface area contributed by atoms with E-state index in [1.165, 1.54) is 12.1 Å². The number of fused-ring (bicyclic) bond motifs is 1. The molecule has 2 aromatic heterocycles. The molecule has 0 aliphatic rings. The van der Waals surface area contributed by atoms with E-state index in [9.17, 15) is 9.18 Å². The van der Waals surface area contributed by atoms with Crippen LogP contribution in [0.1, 0.15) is 41.5 Å². The fourth-order valence-corrected chi connectivity index (χ4v) is 2.60. The molecular weight excluding hydrogens is 307 g/mol. The highest BCUT2D eigenvalue weighted by molar-refractivity contribution is 5.98. The summed E-state index contributed by atoms with van der Waals surface area (Å²) in [5.41, 5.74) is 2.62. The molecule has 0 atom stereocenters. The summed E-state index contributed by atoms with van der Waals surface area (Å²) in [6.07, 6.45) is 1.71. The van der Waals surface area contributed by atoms with Gasteiger partial charge < -0.3 is 5.32 Å². The van der Waals surface area contributed by atoms with Crippen molar-refractivity contribution < 1.29 is 9.18 Å². The average Bonchev–Trinajstić information content (AvgIpc) is 2.94. The van der Waals surface area contributed by atoms with Crippen LogP contribution < -0.4 is 5.32 Å². The van der Waals surface area contributed by atoms with E-state index < -0.39 is 0 Å². The maximum absolute atomic E-state index is 13.2. The van der Waals surface area contributed by atoms with Crippen molar-refractivity contribution in [3.63, 3.8) is 0 Å². The topological polar surface area (TPSA) is 59.8 Å². The molecule has 3 rings (SSSR count). The lowest BCUT2D eigenvalue weighted by Gasteiger charge is -2.10. The average molecular weight is 326 g/mol. The molecular formula is C18H19FN4O. The third kappa shape index (κ3) is 3.13. The van der Waals surface area contributed by atoms with E-state index in [-0.39, 0.29) is 24.3 Å². The number of nitrogens with zero attached hydrogens (tertiary/aromatic N) is 3. The molecule has 0 radical (unpaired) electrons. The highest BCUT2D eigenvalue weighted by atomic mass is 19.1. The van der Waals surface area contributed by atoms with Crippen molar-refractivity contribution in [1.82, 2.24) is 20.1 Å². The number of pyridine rings is 1. The van der Waals surface area contributed by atoms with Crippen LogP contribution in [0.4, 0.5) is 4.39 Å². The first kappa shape index (κ1) is 16.1. The van der Waals surface area contributed by atoms with Crippen LogP contribution in [0.3, 0.4) is 0 Å². The van der Waals surface area contributed by atoms with Gasteiger partial charge in [0, 0.05) is 18.0 Å². The summed E-state index contributed by atoms with van der Waals surface area (Å²) < 4.78 is 15.0. The van der Waals surface area contributed by atoms with Gasteiger partial charge in [0.1, 0.15) is 5.82 Å². The summed E-state index contributed by atoms with van der Waals surface area (Å²) in [5, 5.41) is 7.95. The predicted molar refractivity (Wildman–Crippen MR) is 90.2 cm³/mol. The van der Waals surface area contributed by atoms with E-state index in [4.69, 9.17) is 0 Å². The van der Waals surface area contributed by atoms with Crippen LogP contribution in [0.5, 0.6) is 0 Å². The first-order valence-corrected chi connectivity index (χ1v) is 7.83. The Morgan fingerprint density at radius 3 is 2.83 bits per heavy atom. The monoisotopic (exact) mass is 326 g/mol. The number of halogens is 1. The summed E-state index contributed by atoms with van der Waals surface area (Å²) in [7, 11) is 0. The molecule has 0 bridgehead atoms. The number of hydrogen-bond donors (Lipinski definition) is 1. The lowest BCUT2D eigenvalue weighted by molar-refractivity contribution is 0.0950. The molecule has 5 nitrogen and oxygen atoms in total. The molecule has 0 saturated heterocycles. The first-order chi connectivity index (χ1) is 11.5. The van der Waals surface area contributed by atoms with Crippen LogP contribution in [-0.4, -0.2) is 20.7 Å². The van der Waals surface area contributed by atoms with Gasteiger partial charge in [-0.2, -0.15) is 5.10 Å². The summed E-state index contributed by atoms with van der Waals surface area (Å²) in [6.45, 7) is 6.12.